The van der Waals surface area contributed by atoms with Gasteiger partial charge in [0.25, 0.3) is 0 Å². The first-order chi connectivity index (χ1) is 7.08. The van der Waals surface area contributed by atoms with Crippen LogP contribution in [0.15, 0.2) is 24.3 Å². The van der Waals surface area contributed by atoms with Crippen molar-refractivity contribution in [3.05, 3.63) is 29.8 Å². The molecule has 0 fully saturated rings. The van der Waals surface area contributed by atoms with Gasteiger partial charge in [0, 0.05) is 13.2 Å². The zero-order chi connectivity index (χ0) is 11.3. The molecule has 0 aliphatic heterocycles. The summed E-state index contributed by atoms with van der Waals surface area (Å²) in [5.41, 5.74) is 2.39. The van der Waals surface area contributed by atoms with Crippen LogP contribution in [-0.4, -0.2) is 12.1 Å². The molecule has 1 aromatic carbocycles. The molecule has 1 rings (SSSR count). The first-order valence-electron chi connectivity index (χ1n) is 5.55. The fourth-order valence-corrected chi connectivity index (χ4v) is 1.29. The van der Waals surface area contributed by atoms with Gasteiger partial charge in [0.2, 0.25) is 0 Å². The SMILES string of the molecule is CC(C)Nc1ccc(COC(C)C)cc1.[HH]. The normalized spacial score (nSPS) is 11.1. The van der Waals surface area contributed by atoms with Gasteiger partial charge >= 0.3 is 0 Å². The summed E-state index contributed by atoms with van der Waals surface area (Å²) in [7, 11) is 0. The molecule has 0 aliphatic carbocycles. The molecule has 0 unspecified atom stereocenters. The summed E-state index contributed by atoms with van der Waals surface area (Å²) in [6.45, 7) is 9.06. The van der Waals surface area contributed by atoms with Crippen LogP contribution in [0, 0.1) is 0 Å². The van der Waals surface area contributed by atoms with Crippen LogP contribution < -0.4 is 5.32 Å². The average molecular weight is 209 g/mol. The molecule has 2 nitrogen and oxygen atoms in total. The molecule has 15 heavy (non-hydrogen) atoms. The molecular formula is C13H23NO. The monoisotopic (exact) mass is 209 g/mol. The highest BCUT2D eigenvalue weighted by molar-refractivity contribution is 5.45. The summed E-state index contributed by atoms with van der Waals surface area (Å²) in [5, 5.41) is 3.36. The fraction of sp³-hybridized carbons (Fsp3) is 0.538. The van der Waals surface area contributed by atoms with E-state index in [0.717, 1.165) is 0 Å². The molecule has 2 heteroatoms. The largest absolute Gasteiger partial charge is 0.383 e. The third-order valence-corrected chi connectivity index (χ3v) is 1.99. The lowest BCUT2D eigenvalue weighted by molar-refractivity contribution is 0.0657. The highest BCUT2D eigenvalue weighted by Crippen LogP contribution is 2.11. The lowest BCUT2D eigenvalue weighted by Gasteiger charge is -2.11. The summed E-state index contributed by atoms with van der Waals surface area (Å²) >= 11 is 0. The highest BCUT2D eigenvalue weighted by Gasteiger charge is 1.98. The molecule has 86 valence electrons. The van der Waals surface area contributed by atoms with Crippen LogP contribution >= 0.6 is 0 Å². The van der Waals surface area contributed by atoms with Crippen molar-refractivity contribution >= 4 is 5.69 Å². The minimum Gasteiger partial charge on any atom is -0.383 e. The molecule has 1 aromatic rings. The molecule has 0 aromatic heterocycles. The van der Waals surface area contributed by atoms with Crippen molar-refractivity contribution in [3.63, 3.8) is 0 Å². The Hall–Kier alpha value is -1.02. The van der Waals surface area contributed by atoms with E-state index >= 15 is 0 Å². The van der Waals surface area contributed by atoms with Gasteiger partial charge in [-0.25, -0.2) is 0 Å². The number of rotatable bonds is 5. The van der Waals surface area contributed by atoms with E-state index in [1.165, 1.54) is 11.3 Å². The maximum Gasteiger partial charge on any atom is 0.0720 e. The van der Waals surface area contributed by atoms with Crippen molar-refractivity contribution in [1.29, 1.82) is 0 Å². The number of hydrogen-bond donors (Lipinski definition) is 1. The standard InChI is InChI=1S/C13H21NO.H2/c1-10(2)14-13-7-5-12(6-8-13)9-15-11(3)4;/h5-8,10-11,14H,9H2,1-4H3;1H. The molecule has 0 radical (unpaired) electrons. The van der Waals surface area contributed by atoms with Crippen LogP contribution in [0.5, 0.6) is 0 Å². The van der Waals surface area contributed by atoms with E-state index in [2.05, 4.69) is 57.3 Å². The van der Waals surface area contributed by atoms with Gasteiger partial charge in [0.1, 0.15) is 0 Å². The smallest absolute Gasteiger partial charge is 0.0720 e. The van der Waals surface area contributed by atoms with Crippen LogP contribution in [0.4, 0.5) is 5.69 Å². The first kappa shape index (κ1) is 12.1. The predicted molar refractivity (Wildman–Crippen MR) is 67.2 cm³/mol. The minimum absolute atomic E-state index is 0. The van der Waals surface area contributed by atoms with Crippen molar-refractivity contribution in [1.82, 2.24) is 0 Å². The van der Waals surface area contributed by atoms with Crippen LogP contribution in [0.2, 0.25) is 0 Å². The van der Waals surface area contributed by atoms with Crippen LogP contribution in [-0.2, 0) is 11.3 Å². The van der Waals surface area contributed by atoms with Gasteiger partial charge in [-0.05, 0) is 45.4 Å². The van der Waals surface area contributed by atoms with Crippen LogP contribution in [0.25, 0.3) is 0 Å². The molecule has 0 heterocycles. The predicted octanol–water partition coefficient (Wildman–Crippen LogP) is 3.68. The zero-order valence-corrected chi connectivity index (χ0v) is 10.1. The van der Waals surface area contributed by atoms with Crippen LogP contribution in [0.3, 0.4) is 0 Å². The summed E-state index contributed by atoms with van der Waals surface area (Å²) in [5.74, 6) is 0. The summed E-state index contributed by atoms with van der Waals surface area (Å²) in [4.78, 5) is 0. The van der Waals surface area contributed by atoms with Gasteiger partial charge in [-0.2, -0.15) is 0 Å². The molecule has 0 amide bonds. The quantitative estimate of drug-likeness (QED) is 0.798. The van der Waals surface area contributed by atoms with E-state index in [9.17, 15) is 0 Å². The van der Waals surface area contributed by atoms with Crippen LogP contribution in [0.1, 0.15) is 34.7 Å². The second kappa shape index (κ2) is 5.76. The Labute approximate surface area is 94.1 Å². The molecule has 0 saturated heterocycles. The Morgan fingerprint density at radius 3 is 2.20 bits per heavy atom. The zero-order valence-electron chi connectivity index (χ0n) is 10.1. The second-order valence-corrected chi connectivity index (χ2v) is 4.36. The molecular weight excluding hydrogens is 186 g/mol. The van der Waals surface area contributed by atoms with E-state index in [4.69, 9.17) is 4.74 Å². The molecule has 0 aliphatic rings. The van der Waals surface area contributed by atoms with Gasteiger partial charge < -0.3 is 10.1 Å². The van der Waals surface area contributed by atoms with E-state index in [1.54, 1.807) is 0 Å². The van der Waals surface area contributed by atoms with E-state index < -0.39 is 0 Å². The Balaban J connectivity index is 0.00000225. The van der Waals surface area contributed by atoms with Crippen molar-refractivity contribution < 1.29 is 6.16 Å². The van der Waals surface area contributed by atoms with E-state index in [0.29, 0.717) is 18.8 Å². The average Bonchev–Trinajstić information content (AvgIpc) is 2.16. The first-order valence-corrected chi connectivity index (χ1v) is 5.55. The Bertz CT molecular complexity index is 282. The number of nitrogens with one attached hydrogen (secondary N) is 1. The molecule has 1 N–H and O–H groups in total. The highest BCUT2D eigenvalue weighted by atomic mass is 16.5. The number of benzene rings is 1. The van der Waals surface area contributed by atoms with E-state index in [-0.39, 0.29) is 1.43 Å². The van der Waals surface area contributed by atoms with Gasteiger partial charge in [-0.15, -0.1) is 0 Å². The third kappa shape index (κ3) is 4.84. The maximum absolute atomic E-state index is 5.53. The molecule has 0 saturated carbocycles. The van der Waals surface area contributed by atoms with Gasteiger partial charge in [0.15, 0.2) is 0 Å². The summed E-state index contributed by atoms with van der Waals surface area (Å²) in [6.07, 6.45) is 0.290. The Kier molecular flexibility index (Phi) is 4.63. The van der Waals surface area contributed by atoms with Gasteiger partial charge in [0.05, 0.1) is 12.7 Å². The Morgan fingerprint density at radius 1 is 1.13 bits per heavy atom. The van der Waals surface area contributed by atoms with Crippen molar-refractivity contribution in [2.75, 3.05) is 5.32 Å². The Morgan fingerprint density at radius 2 is 1.73 bits per heavy atom. The summed E-state index contributed by atoms with van der Waals surface area (Å²) < 4.78 is 5.53. The van der Waals surface area contributed by atoms with E-state index in [1.807, 2.05) is 0 Å². The fourth-order valence-electron chi connectivity index (χ4n) is 1.29. The van der Waals surface area contributed by atoms with Crippen molar-refractivity contribution in [2.45, 2.75) is 46.4 Å². The second-order valence-electron chi connectivity index (χ2n) is 4.36. The number of anilines is 1. The summed E-state index contributed by atoms with van der Waals surface area (Å²) in [6, 6.07) is 8.88. The van der Waals surface area contributed by atoms with Gasteiger partial charge in [-0.3, -0.25) is 0 Å². The van der Waals surface area contributed by atoms with Gasteiger partial charge in [-0.1, -0.05) is 12.1 Å². The molecule has 0 spiro atoms. The molecule has 0 bridgehead atoms. The topological polar surface area (TPSA) is 21.3 Å². The van der Waals surface area contributed by atoms with Crippen molar-refractivity contribution in [2.24, 2.45) is 0 Å². The molecule has 0 atom stereocenters. The minimum atomic E-state index is 0. The lowest BCUT2D eigenvalue weighted by Crippen LogP contribution is -2.09. The maximum atomic E-state index is 5.53. The third-order valence-electron chi connectivity index (χ3n) is 1.99. The van der Waals surface area contributed by atoms with Crippen molar-refractivity contribution in [3.8, 4) is 0 Å². The number of hydrogen-bond acceptors (Lipinski definition) is 2. The lowest BCUT2D eigenvalue weighted by atomic mass is 10.2. The number of ether oxygens (including phenoxy) is 1.